The first-order chi connectivity index (χ1) is 7.58. The summed E-state index contributed by atoms with van der Waals surface area (Å²) in [6.07, 6.45) is 5.71. The molecule has 0 amide bonds. The summed E-state index contributed by atoms with van der Waals surface area (Å²) in [5.74, 6) is 0. The van der Waals surface area contributed by atoms with Crippen LogP contribution in [0.3, 0.4) is 0 Å². The van der Waals surface area contributed by atoms with Gasteiger partial charge < -0.3 is 0 Å². The number of carbonyl (C=O) groups excluding carboxylic acids is 2. The van der Waals surface area contributed by atoms with Gasteiger partial charge in [0.1, 0.15) is 0 Å². The van der Waals surface area contributed by atoms with Crippen LogP contribution in [0.2, 0.25) is 0 Å². The Hall–Kier alpha value is -1.38. The highest BCUT2D eigenvalue weighted by atomic mass is 35.5. The van der Waals surface area contributed by atoms with Crippen LogP contribution in [0.25, 0.3) is 12.2 Å². The average Bonchev–Trinajstić information content (AvgIpc) is 2.24. The molecule has 0 saturated carbocycles. The lowest BCUT2D eigenvalue weighted by atomic mass is 10.1. The molecule has 0 saturated heterocycles. The molecule has 1 aromatic rings. The summed E-state index contributed by atoms with van der Waals surface area (Å²) >= 11 is 10.3. The Labute approximate surface area is 103 Å². The molecule has 0 spiro atoms. The molecular weight excluding hydrogens is 247 g/mol. The lowest BCUT2D eigenvalue weighted by Gasteiger charge is -1.95. The van der Waals surface area contributed by atoms with E-state index < -0.39 is 10.5 Å². The van der Waals surface area contributed by atoms with Crippen molar-refractivity contribution in [2.45, 2.75) is 0 Å². The van der Waals surface area contributed by atoms with E-state index in [-0.39, 0.29) is 0 Å². The van der Waals surface area contributed by atoms with Crippen molar-refractivity contribution in [2.24, 2.45) is 0 Å². The molecule has 0 bridgehead atoms. The zero-order valence-electron chi connectivity index (χ0n) is 8.19. The summed E-state index contributed by atoms with van der Waals surface area (Å²) in [4.78, 5) is 21.0. The van der Waals surface area contributed by atoms with Crippen LogP contribution in [0.1, 0.15) is 11.1 Å². The summed E-state index contributed by atoms with van der Waals surface area (Å²) in [6.45, 7) is 0. The van der Waals surface area contributed by atoms with Gasteiger partial charge in [-0.1, -0.05) is 30.4 Å². The molecule has 0 radical (unpaired) electrons. The maximum absolute atomic E-state index is 10.5. The van der Waals surface area contributed by atoms with E-state index in [0.29, 0.717) is 0 Å². The molecule has 0 heterocycles. The molecule has 0 unspecified atom stereocenters. The number of benzene rings is 1. The largest absolute Gasteiger partial charge is 0.276 e. The van der Waals surface area contributed by atoms with Crippen molar-refractivity contribution >= 4 is 45.8 Å². The standard InChI is InChI=1S/C12H8Cl2O2/c13-11(15)6-4-9-2-1-3-10(8-9)5-7-12(14)16/h1-8H. The van der Waals surface area contributed by atoms with E-state index in [1.807, 2.05) is 12.1 Å². The van der Waals surface area contributed by atoms with Gasteiger partial charge in [-0.15, -0.1) is 0 Å². The molecular formula is C12H8Cl2O2. The van der Waals surface area contributed by atoms with Crippen molar-refractivity contribution in [3.05, 3.63) is 47.5 Å². The Morgan fingerprint density at radius 3 is 1.75 bits per heavy atom. The quantitative estimate of drug-likeness (QED) is 0.611. The van der Waals surface area contributed by atoms with Crippen LogP contribution in [0.4, 0.5) is 0 Å². The first kappa shape index (κ1) is 12.7. The number of carbonyl (C=O) groups is 2. The molecule has 82 valence electrons. The Morgan fingerprint density at radius 2 is 1.38 bits per heavy atom. The van der Waals surface area contributed by atoms with Crippen LogP contribution < -0.4 is 0 Å². The summed E-state index contributed by atoms with van der Waals surface area (Å²) in [7, 11) is 0. The second-order valence-corrected chi connectivity index (χ2v) is 3.69. The van der Waals surface area contributed by atoms with Crippen molar-refractivity contribution in [1.82, 2.24) is 0 Å². The molecule has 1 aromatic carbocycles. The van der Waals surface area contributed by atoms with E-state index in [9.17, 15) is 9.59 Å². The highest BCUT2D eigenvalue weighted by molar-refractivity contribution is 6.67. The van der Waals surface area contributed by atoms with Crippen molar-refractivity contribution in [3.8, 4) is 0 Å². The predicted molar refractivity (Wildman–Crippen MR) is 66.2 cm³/mol. The van der Waals surface area contributed by atoms with Gasteiger partial charge in [-0.2, -0.15) is 0 Å². The molecule has 0 aliphatic rings. The summed E-state index contributed by atoms with van der Waals surface area (Å²) in [5.41, 5.74) is 1.64. The molecule has 4 heteroatoms. The fourth-order valence-electron chi connectivity index (χ4n) is 1.09. The maximum atomic E-state index is 10.5. The third kappa shape index (κ3) is 4.91. The highest BCUT2D eigenvalue weighted by Gasteiger charge is 1.92. The molecule has 16 heavy (non-hydrogen) atoms. The summed E-state index contributed by atoms with van der Waals surface area (Å²) in [6, 6.07) is 7.23. The van der Waals surface area contributed by atoms with Gasteiger partial charge in [-0.3, -0.25) is 9.59 Å². The molecule has 0 fully saturated rings. The predicted octanol–water partition coefficient (Wildman–Crippen LogP) is 3.24. The van der Waals surface area contributed by atoms with E-state index in [0.717, 1.165) is 11.1 Å². The van der Waals surface area contributed by atoms with Crippen molar-refractivity contribution in [3.63, 3.8) is 0 Å². The van der Waals surface area contributed by atoms with Crippen LogP contribution in [-0.2, 0) is 9.59 Å². The monoisotopic (exact) mass is 254 g/mol. The molecule has 2 nitrogen and oxygen atoms in total. The van der Waals surface area contributed by atoms with Crippen LogP contribution in [0, 0.1) is 0 Å². The first-order valence-electron chi connectivity index (χ1n) is 4.43. The normalized spacial score (nSPS) is 11.1. The molecule has 0 aliphatic heterocycles. The van der Waals surface area contributed by atoms with Crippen LogP contribution in [-0.4, -0.2) is 10.5 Å². The van der Waals surface area contributed by atoms with Gasteiger partial charge in [-0.25, -0.2) is 0 Å². The number of halogens is 2. The number of hydrogen-bond donors (Lipinski definition) is 0. The first-order valence-corrected chi connectivity index (χ1v) is 5.18. The SMILES string of the molecule is O=C(Cl)C=Cc1cccc(C=CC(=O)Cl)c1. The fourth-order valence-corrected chi connectivity index (χ4v) is 1.22. The lowest BCUT2D eigenvalue weighted by Crippen LogP contribution is -1.80. The van der Waals surface area contributed by atoms with Crippen molar-refractivity contribution < 1.29 is 9.59 Å². The minimum absolute atomic E-state index is 0.531. The Bertz CT molecular complexity index is 423. The smallest absolute Gasteiger partial charge is 0.245 e. The van der Waals surface area contributed by atoms with Gasteiger partial charge in [-0.05, 0) is 52.5 Å². The van der Waals surface area contributed by atoms with Crippen molar-refractivity contribution in [1.29, 1.82) is 0 Å². The second kappa shape index (κ2) is 6.26. The van der Waals surface area contributed by atoms with Gasteiger partial charge in [0.25, 0.3) is 0 Å². The molecule has 1 rings (SSSR count). The van der Waals surface area contributed by atoms with E-state index in [2.05, 4.69) is 0 Å². The summed E-state index contributed by atoms with van der Waals surface area (Å²) < 4.78 is 0. The van der Waals surface area contributed by atoms with Gasteiger partial charge in [0, 0.05) is 0 Å². The number of hydrogen-bond acceptors (Lipinski definition) is 2. The van der Waals surface area contributed by atoms with Gasteiger partial charge >= 0.3 is 0 Å². The Balaban J connectivity index is 2.87. The minimum atomic E-state index is -0.531. The van der Waals surface area contributed by atoms with Crippen LogP contribution in [0.15, 0.2) is 36.4 Å². The topological polar surface area (TPSA) is 34.1 Å². The van der Waals surface area contributed by atoms with Crippen LogP contribution >= 0.6 is 23.2 Å². The Morgan fingerprint density at radius 1 is 0.938 bits per heavy atom. The average molecular weight is 255 g/mol. The zero-order valence-corrected chi connectivity index (χ0v) is 9.70. The molecule has 0 atom stereocenters. The lowest BCUT2D eigenvalue weighted by molar-refractivity contribution is -0.108. The summed E-state index contributed by atoms with van der Waals surface area (Å²) in [5, 5.41) is -1.06. The van der Waals surface area contributed by atoms with Crippen LogP contribution in [0.5, 0.6) is 0 Å². The van der Waals surface area contributed by atoms with Gasteiger partial charge in [0.15, 0.2) is 0 Å². The van der Waals surface area contributed by atoms with Gasteiger partial charge in [0.05, 0.1) is 0 Å². The molecule has 0 aliphatic carbocycles. The highest BCUT2D eigenvalue weighted by Crippen LogP contribution is 2.09. The van der Waals surface area contributed by atoms with E-state index in [1.54, 1.807) is 24.3 Å². The third-order valence-electron chi connectivity index (χ3n) is 1.72. The number of rotatable bonds is 4. The second-order valence-electron chi connectivity index (χ2n) is 2.95. The van der Waals surface area contributed by atoms with E-state index in [4.69, 9.17) is 23.2 Å². The zero-order chi connectivity index (χ0) is 12.0. The minimum Gasteiger partial charge on any atom is -0.276 e. The fraction of sp³-hybridized carbons (Fsp3) is 0. The van der Waals surface area contributed by atoms with E-state index >= 15 is 0 Å². The maximum Gasteiger partial charge on any atom is 0.245 e. The van der Waals surface area contributed by atoms with Crippen molar-refractivity contribution in [2.75, 3.05) is 0 Å². The Kier molecular flexibility index (Phi) is 4.96. The molecule has 0 N–H and O–H groups in total. The molecule has 0 aromatic heterocycles. The third-order valence-corrected chi connectivity index (χ3v) is 1.98. The van der Waals surface area contributed by atoms with E-state index in [1.165, 1.54) is 12.2 Å². The van der Waals surface area contributed by atoms with Gasteiger partial charge in [0.2, 0.25) is 10.5 Å². The number of allylic oxidation sites excluding steroid dienone is 2.